The number of aryl methyl sites for hydroxylation is 1. The van der Waals surface area contributed by atoms with Crippen molar-refractivity contribution in [2.45, 2.75) is 31.9 Å². The molecule has 1 aromatic carbocycles. The summed E-state index contributed by atoms with van der Waals surface area (Å²) in [5, 5.41) is 8.13. The third-order valence-corrected chi connectivity index (χ3v) is 5.86. The molecule has 1 saturated heterocycles. The number of benzene rings is 1. The number of imidazole rings is 1. The van der Waals surface area contributed by atoms with Gasteiger partial charge in [0.1, 0.15) is 11.3 Å². The van der Waals surface area contributed by atoms with Gasteiger partial charge in [-0.3, -0.25) is 9.20 Å². The largest absolute Gasteiger partial charge is 0.420 e. The summed E-state index contributed by atoms with van der Waals surface area (Å²) >= 11 is 0. The van der Waals surface area contributed by atoms with Crippen molar-refractivity contribution in [3.05, 3.63) is 71.5 Å². The number of likely N-dealkylation sites (tertiary alicyclic amines) is 1. The number of hydrogen-bond acceptors (Lipinski definition) is 5. The molecular weight excluding hydrogens is 435 g/mol. The molecule has 0 saturated carbocycles. The monoisotopic (exact) mass is 455 g/mol. The SMILES string of the molecule is Cc1nc2ccccn2c1C(=O)N1CCCC(c2nnc(-c3ccc(C(F)(F)F)cc3)o2)C1. The molecule has 170 valence electrons. The van der Waals surface area contributed by atoms with Gasteiger partial charge in [0.2, 0.25) is 11.8 Å². The van der Waals surface area contributed by atoms with Crippen LogP contribution in [0.4, 0.5) is 13.2 Å². The van der Waals surface area contributed by atoms with Crippen molar-refractivity contribution in [1.82, 2.24) is 24.5 Å². The number of amides is 1. The van der Waals surface area contributed by atoms with Gasteiger partial charge >= 0.3 is 6.18 Å². The van der Waals surface area contributed by atoms with Crippen molar-refractivity contribution in [2.24, 2.45) is 0 Å². The van der Waals surface area contributed by atoms with Crippen molar-refractivity contribution in [3.8, 4) is 11.5 Å². The molecule has 33 heavy (non-hydrogen) atoms. The quantitative estimate of drug-likeness (QED) is 0.446. The summed E-state index contributed by atoms with van der Waals surface area (Å²) < 4.78 is 46.0. The summed E-state index contributed by atoms with van der Waals surface area (Å²) in [7, 11) is 0. The van der Waals surface area contributed by atoms with Crippen LogP contribution < -0.4 is 0 Å². The molecule has 0 aliphatic carbocycles. The van der Waals surface area contributed by atoms with Gasteiger partial charge in [0, 0.05) is 24.8 Å². The first kappa shape index (κ1) is 21.2. The lowest BCUT2D eigenvalue weighted by Gasteiger charge is -2.31. The highest BCUT2D eigenvalue weighted by molar-refractivity contribution is 5.94. The van der Waals surface area contributed by atoms with Crippen LogP contribution in [0.1, 0.15) is 46.4 Å². The minimum atomic E-state index is -4.41. The predicted molar refractivity (Wildman–Crippen MR) is 113 cm³/mol. The summed E-state index contributed by atoms with van der Waals surface area (Å²) in [6, 6.07) is 10.2. The van der Waals surface area contributed by atoms with Crippen LogP contribution in [0, 0.1) is 6.92 Å². The summed E-state index contributed by atoms with van der Waals surface area (Å²) in [5.41, 5.74) is 1.57. The van der Waals surface area contributed by atoms with Crippen molar-refractivity contribution >= 4 is 11.6 Å². The Hall–Kier alpha value is -3.69. The number of hydrogen-bond donors (Lipinski definition) is 0. The van der Waals surface area contributed by atoms with E-state index in [-0.39, 0.29) is 17.7 Å². The van der Waals surface area contributed by atoms with Gasteiger partial charge in [0.15, 0.2) is 0 Å². The Balaban J connectivity index is 1.35. The number of nitrogens with zero attached hydrogens (tertiary/aromatic N) is 5. The molecule has 0 radical (unpaired) electrons. The molecule has 4 heterocycles. The Bertz CT molecular complexity index is 1310. The molecule has 0 spiro atoms. The van der Waals surface area contributed by atoms with E-state index in [0.29, 0.717) is 41.6 Å². The maximum absolute atomic E-state index is 13.3. The number of aromatic nitrogens is 4. The fraction of sp³-hybridized carbons (Fsp3) is 0.304. The molecule has 10 heteroatoms. The van der Waals surface area contributed by atoms with Crippen molar-refractivity contribution in [2.75, 3.05) is 13.1 Å². The standard InChI is InChI=1S/C23H20F3N5O2/c1-14-19(31-12-3-2-6-18(31)27-14)22(32)30-11-4-5-16(13-30)21-29-28-20(33-21)15-7-9-17(10-8-15)23(24,25)26/h2-3,6-10,12,16H,4-5,11,13H2,1H3. The van der Waals surface area contributed by atoms with Crippen LogP contribution in [0.5, 0.6) is 0 Å². The molecule has 1 amide bonds. The third-order valence-electron chi connectivity index (χ3n) is 5.86. The van der Waals surface area contributed by atoms with E-state index < -0.39 is 11.7 Å². The van der Waals surface area contributed by atoms with Gasteiger partial charge in [-0.2, -0.15) is 13.2 Å². The Morgan fingerprint density at radius 2 is 1.91 bits per heavy atom. The maximum Gasteiger partial charge on any atom is 0.416 e. The normalized spacial score (nSPS) is 17.0. The lowest BCUT2D eigenvalue weighted by molar-refractivity contribution is -0.137. The molecule has 3 aromatic heterocycles. The van der Waals surface area contributed by atoms with Gasteiger partial charge in [0.25, 0.3) is 5.91 Å². The second-order valence-corrected chi connectivity index (χ2v) is 8.09. The third kappa shape index (κ3) is 3.96. The van der Waals surface area contributed by atoms with Gasteiger partial charge in [-0.1, -0.05) is 6.07 Å². The van der Waals surface area contributed by atoms with E-state index in [1.165, 1.54) is 12.1 Å². The molecule has 1 aliphatic rings. The first-order valence-corrected chi connectivity index (χ1v) is 10.6. The van der Waals surface area contributed by atoms with Crippen LogP contribution in [-0.2, 0) is 6.18 Å². The van der Waals surface area contributed by atoms with Gasteiger partial charge < -0.3 is 9.32 Å². The van der Waals surface area contributed by atoms with Crippen LogP contribution in [0.15, 0.2) is 53.1 Å². The number of rotatable bonds is 3. The fourth-order valence-corrected chi connectivity index (χ4v) is 4.20. The zero-order chi connectivity index (χ0) is 23.2. The van der Waals surface area contributed by atoms with E-state index in [4.69, 9.17) is 4.42 Å². The summed E-state index contributed by atoms with van der Waals surface area (Å²) in [5.74, 6) is 0.258. The van der Waals surface area contributed by atoms with E-state index in [1.807, 2.05) is 31.3 Å². The van der Waals surface area contributed by atoms with Crippen LogP contribution in [0.2, 0.25) is 0 Å². The lowest BCUT2D eigenvalue weighted by atomic mass is 9.97. The Kier molecular flexibility index (Phi) is 5.15. The molecular formula is C23H20F3N5O2. The van der Waals surface area contributed by atoms with Gasteiger partial charge in [-0.15, -0.1) is 10.2 Å². The molecule has 0 bridgehead atoms. The highest BCUT2D eigenvalue weighted by Crippen LogP contribution is 2.32. The number of halogens is 3. The minimum Gasteiger partial charge on any atom is -0.420 e. The van der Waals surface area contributed by atoms with E-state index in [9.17, 15) is 18.0 Å². The van der Waals surface area contributed by atoms with E-state index in [1.54, 1.807) is 9.30 Å². The van der Waals surface area contributed by atoms with Gasteiger partial charge in [-0.05, 0) is 56.2 Å². The van der Waals surface area contributed by atoms with E-state index >= 15 is 0 Å². The van der Waals surface area contributed by atoms with Crippen molar-refractivity contribution in [1.29, 1.82) is 0 Å². The van der Waals surface area contributed by atoms with Crippen LogP contribution in [0.3, 0.4) is 0 Å². The van der Waals surface area contributed by atoms with Crippen molar-refractivity contribution < 1.29 is 22.4 Å². The Morgan fingerprint density at radius 3 is 2.67 bits per heavy atom. The molecule has 1 aliphatic heterocycles. The Labute approximate surface area is 186 Å². The van der Waals surface area contributed by atoms with Crippen LogP contribution >= 0.6 is 0 Å². The van der Waals surface area contributed by atoms with Crippen LogP contribution in [0.25, 0.3) is 17.1 Å². The second-order valence-electron chi connectivity index (χ2n) is 8.09. The Morgan fingerprint density at radius 1 is 1.12 bits per heavy atom. The van der Waals surface area contributed by atoms with E-state index in [2.05, 4.69) is 15.2 Å². The smallest absolute Gasteiger partial charge is 0.416 e. The number of pyridine rings is 1. The highest BCUT2D eigenvalue weighted by Gasteiger charge is 2.32. The predicted octanol–water partition coefficient (Wildman–Crippen LogP) is 4.73. The number of piperidine rings is 1. The summed E-state index contributed by atoms with van der Waals surface area (Å²) in [6.45, 7) is 2.83. The number of carbonyl (C=O) groups excluding carboxylic acids is 1. The molecule has 4 aromatic rings. The second kappa shape index (κ2) is 8.02. The molecule has 1 unspecified atom stereocenters. The fourth-order valence-electron chi connectivity index (χ4n) is 4.20. The van der Waals surface area contributed by atoms with Gasteiger partial charge in [-0.25, -0.2) is 4.98 Å². The molecule has 1 atom stereocenters. The average molecular weight is 455 g/mol. The first-order valence-electron chi connectivity index (χ1n) is 10.6. The van der Waals surface area contributed by atoms with Crippen molar-refractivity contribution in [3.63, 3.8) is 0 Å². The lowest BCUT2D eigenvalue weighted by Crippen LogP contribution is -2.40. The number of fused-ring (bicyclic) bond motifs is 1. The number of alkyl halides is 3. The molecule has 1 fully saturated rings. The van der Waals surface area contributed by atoms with Gasteiger partial charge in [0.05, 0.1) is 17.2 Å². The zero-order valence-electron chi connectivity index (χ0n) is 17.7. The highest BCUT2D eigenvalue weighted by atomic mass is 19.4. The first-order chi connectivity index (χ1) is 15.8. The summed E-state index contributed by atoms with van der Waals surface area (Å²) in [4.78, 5) is 19.6. The average Bonchev–Trinajstić information content (AvgIpc) is 3.42. The molecule has 7 nitrogen and oxygen atoms in total. The minimum absolute atomic E-state index is 0.113. The number of carbonyl (C=O) groups is 1. The molecule has 0 N–H and O–H groups in total. The molecule has 5 rings (SSSR count). The van der Waals surface area contributed by atoms with Crippen LogP contribution in [-0.4, -0.2) is 43.5 Å². The van der Waals surface area contributed by atoms with E-state index in [0.717, 1.165) is 25.0 Å². The summed E-state index contributed by atoms with van der Waals surface area (Å²) in [6.07, 6.45) is -1.05. The maximum atomic E-state index is 13.3. The topological polar surface area (TPSA) is 76.5 Å². The zero-order valence-corrected chi connectivity index (χ0v) is 17.7.